The predicted molar refractivity (Wildman–Crippen MR) is 89.4 cm³/mol. The maximum absolute atomic E-state index is 11.9. The minimum absolute atomic E-state index is 0.0386. The van der Waals surface area contributed by atoms with E-state index in [2.05, 4.69) is 24.5 Å². The topological polar surface area (TPSA) is 50.4 Å². The van der Waals surface area contributed by atoms with Crippen LogP contribution in [0, 0.1) is 0 Å². The second-order valence-electron chi connectivity index (χ2n) is 6.45. The van der Waals surface area contributed by atoms with Gasteiger partial charge in [0.15, 0.2) is 0 Å². The van der Waals surface area contributed by atoms with Gasteiger partial charge in [-0.25, -0.2) is 0 Å². The molecule has 0 aromatic heterocycles. The molecule has 0 bridgehead atoms. The van der Waals surface area contributed by atoms with E-state index in [1.54, 1.807) is 0 Å². The van der Waals surface area contributed by atoms with Crippen molar-refractivity contribution in [2.24, 2.45) is 0 Å². The van der Waals surface area contributed by atoms with Crippen LogP contribution in [0.3, 0.4) is 0 Å². The van der Waals surface area contributed by atoms with E-state index < -0.39 is 5.60 Å². The lowest BCUT2D eigenvalue weighted by Crippen LogP contribution is -2.73. The van der Waals surface area contributed by atoms with Crippen LogP contribution in [0.25, 0.3) is 0 Å². The second-order valence-corrected chi connectivity index (χ2v) is 6.86. The first-order valence-corrected chi connectivity index (χ1v) is 8.16. The van der Waals surface area contributed by atoms with Gasteiger partial charge >= 0.3 is 0 Å². The summed E-state index contributed by atoms with van der Waals surface area (Å²) in [7, 11) is 0. The van der Waals surface area contributed by atoms with Crippen molar-refractivity contribution >= 4 is 17.5 Å². The van der Waals surface area contributed by atoms with Crippen LogP contribution in [0.15, 0.2) is 24.3 Å². The molecular weight excluding hydrogens is 300 g/mol. The number of piperidine rings is 1. The summed E-state index contributed by atoms with van der Waals surface area (Å²) < 4.78 is 6.34. The average molecular weight is 325 g/mol. The summed E-state index contributed by atoms with van der Waals surface area (Å²) in [5.41, 5.74) is -0.919. The van der Waals surface area contributed by atoms with E-state index >= 15 is 0 Å². The molecule has 122 valence electrons. The Morgan fingerprint density at radius 3 is 2.73 bits per heavy atom. The zero-order chi connectivity index (χ0) is 16.4. The van der Waals surface area contributed by atoms with Gasteiger partial charge in [-0.3, -0.25) is 4.79 Å². The maximum atomic E-state index is 11.9. The Morgan fingerprint density at radius 2 is 2.09 bits per heavy atom. The smallest absolute Gasteiger partial charge is 0.220 e. The van der Waals surface area contributed by atoms with Gasteiger partial charge in [0.2, 0.25) is 5.91 Å². The molecule has 2 N–H and O–H groups in total. The predicted octanol–water partition coefficient (Wildman–Crippen LogP) is 3.14. The largest absolute Gasteiger partial charge is 0.482 e. The third-order valence-corrected chi connectivity index (χ3v) is 5.03. The highest BCUT2D eigenvalue weighted by molar-refractivity contribution is 6.32. The zero-order valence-corrected chi connectivity index (χ0v) is 14.5. The van der Waals surface area contributed by atoms with Gasteiger partial charge in [-0.1, -0.05) is 30.7 Å². The van der Waals surface area contributed by atoms with Crippen molar-refractivity contribution in [2.75, 3.05) is 6.54 Å². The number of benzene rings is 1. The number of para-hydroxylation sites is 1. The molecule has 1 aromatic carbocycles. The Morgan fingerprint density at radius 1 is 1.41 bits per heavy atom. The minimum Gasteiger partial charge on any atom is -0.482 e. The van der Waals surface area contributed by atoms with Crippen LogP contribution in [-0.4, -0.2) is 29.6 Å². The molecule has 1 saturated heterocycles. The fourth-order valence-corrected chi connectivity index (χ4v) is 3.05. The standard InChI is InChI=1S/C17H25ClN2O2/c1-5-15(21)20-14-10-11-19-16(2,3)17(14,4)22-13-9-7-6-8-12(13)18/h6-9,14,19H,5,10-11H2,1-4H3,(H,20,21)/t14-,17-/m0/s1. The number of carbonyl (C=O) groups excluding carboxylic acids is 1. The summed E-state index contributed by atoms with van der Waals surface area (Å²) in [4.78, 5) is 11.9. The van der Waals surface area contributed by atoms with E-state index in [1.165, 1.54) is 0 Å². The monoisotopic (exact) mass is 324 g/mol. The molecule has 1 aliphatic rings. The quantitative estimate of drug-likeness (QED) is 0.894. The normalized spacial score (nSPS) is 27.2. The summed E-state index contributed by atoms with van der Waals surface area (Å²) in [6, 6.07) is 7.36. The van der Waals surface area contributed by atoms with E-state index in [1.807, 2.05) is 38.1 Å². The number of halogens is 1. The third-order valence-electron chi connectivity index (χ3n) is 4.72. The van der Waals surface area contributed by atoms with Crippen molar-refractivity contribution in [1.82, 2.24) is 10.6 Å². The first-order valence-electron chi connectivity index (χ1n) is 7.78. The van der Waals surface area contributed by atoms with Gasteiger partial charge in [0.05, 0.1) is 16.6 Å². The highest BCUT2D eigenvalue weighted by atomic mass is 35.5. The summed E-state index contributed by atoms with van der Waals surface area (Å²) in [5, 5.41) is 7.17. The Kier molecular flexibility index (Phi) is 5.03. The van der Waals surface area contributed by atoms with Gasteiger partial charge in [0.25, 0.3) is 0 Å². The number of ether oxygens (including phenoxy) is 1. The van der Waals surface area contributed by atoms with Crippen LogP contribution in [0.1, 0.15) is 40.5 Å². The molecule has 1 fully saturated rings. The van der Waals surface area contributed by atoms with Crippen LogP contribution in [0.5, 0.6) is 5.75 Å². The van der Waals surface area contributed by atoms with Crippen LogP contribution in [0.4, 0.5) is 0 Å². The van der Waals surface area contributed by atoms with Crippen molar-refractivity contribution < 1.29 is 9.53 Å². The van der Waals surface area contributed by atoms with Gasteiger partial charge in [-0.2, -0.15) is 0 Å². The second kappa shape index (κ2) is 6.47. The molecule has 1 amide bonds. The van der Waals surface area contributed by atoms with E-state index in [0.717, 1.165) is 13.0 Å². The van der Waals surface area contributed by atoms with Crippen molar-refractivity contribution in [1.29, 1.82) is 0 Å². The molecule has 22 heavy (non-hydrogen) atoms. The lowest BCUT2D eigenvalue weighted by Gasteiger charge is -2.52. The van der Waals surface area contributed by atoms with E-state index in [0.29, 0.717) is 17.2 Å². The Labute approximate surface area is 137 Å². The van der Waals surface area contributed by atoms with Crippen LogP contribution in [0.2, 0.25) is 5.02 Å². The molecule has 0 unspecified atom stereocenters. The summed E-state index contributed by atoms with van der Waals surface area (Å²) in [6.45, 7) is 8.91. The van der Waals surface area contributed by atoms with Gasteiger partial charge < -0.3 is 15.4 Å². The first-order chi connectivity index (χ1) is 10.3. The molecule has 2 atom stereocenters. The molecule has 5 heteroatoms. The van der Waals surface area contributed by atoms with Crippen LogP contribution >= 0.6 is 11.6 Å². The molecule has 0 spiro atoms. The molecule has 0 radical (unpaired) electrons. The van der Waals surface area contributed by atoms with Gasteiger partial charge in [0.1, 0.15) is 11.4 Å². The SMILES string of the molecule is CCC(=O)N[C@H]1CCNC(C)(C)[C@@]1(C)Oc1ccccc1Cl. The van der Waals surface area contributed by atoms with Gasteiger partial charge in [-0.05, 0) is 45.9 Å². The number of carbonyl (C=O) groups is 1. The summed E-state index contributed by atoms with van der Waals surface area (Å²) in [5.74, 6) is 0.677. The lowest BCUT2D eigenvalue weighted by molar-refractivity contribution is -0.125. The fraction of sp³-hybridized carbons (Fsp3) is 0.588. The van der Waals surface area contributed by atoms with Crippen molar-refractivity contribution in [3.63, 3.8) is 0 Å². The van der Waals surface area contributed by atoms with Crippen molar-refractivity contribution in [3.05, 3.63) is 29.3 Å². The Hall–Kier alpha value is -1.26. The molecule has 0 saturated carbocycles. The highest BCUT2D eigenvalue weighted by Gasteiger charge is 2.52. The number of amides is 1. The Balaban J connectivity index is 2.33. The van der Waals surface area contributed by atoms with E-state index in [9.17, 15) is 4.79 Å². The minimum atomic E-state index is -0.610. The summed E-state index contributed by atoms with van der Waals surface area (Å²) in [6.07, 6.45) is 1.28. The van der Waals surface area contributed by atoms with Crippen LogP contribution in [-0.2, 0) is 4.79 Å². The van der Waals surface area contributed by atoms with E-state index in [-0.39, 0.29) is 17.5 Å². The maximum Gasteiger partial charge on any atom is 0.220 e. The first kappa shape index (κ1) is 17.1. The van der Waals surface area contributed by atoms with Crippen molar-refractivity contribution in [2.45, 2.75) is 57.7 Å². The summed E-state index contributed by atoms with van der Waals surface area (Å²) >= 11 is 6.25. The number of nitrogens with one attached hydrogen (secondary N) is 2. The van der Waals surface area contributed by atoms with E-state index in [4.69, 9.17) is 16.3 Å². The van der Waals surface area contributed by atoms with Crippen molar-refractivity contribution in [3.8, 4) is 5.75 Å². The lowest BCUT2D eigenvalue weighted by atomic mass is 9.74. The zero-order valence-electron chi connectivity index (χ0n) is 13.7. The molecule has 2 rings (SSSR count). The molecule has 1 aliphatic heterocycles. The molecule has 0 aliphatic carbocycles. The average Bonchev–Trinajstić information content (AvgIpc) is 2.46. The molecule has 1 aromatic rings. The molecule has 1 heterocycles. The van der Waals surface area contributed by atoms with Gasteiger partial charge in [0, 0.05) is 6.42 Å². The highest BCUT2D eigenvalue weighted by Crippen LogP contribution is 2.37. The number of hydrogen-bond acceptors (Lipinski definition) is 3. The Bertz CT molecular complexity index is 547. The third kappa shape index (κ3) is 3.23. The molecule has 4 nitrogen and oxygen atoms in total. The number of rotatable bonds is 4. The van der Waals surface area contributed by atoms with Crippen LogP contribution < -0.4 is 15.4 Å². The number of hydrogen-bond donors (Lipinski definition) is 2. The van der Waals surface area contributed by atoms with Gasteiger partial charge in [-0.15, -0.1) is 0 Å². The fourth-order valence-electron chi connectivity index (χ4n) is 2.88. The molecular formula is C17H25ClN2O2.